The molecule has 6 aromatic rings. The predicted molar refractivity (Wildman–Crippen MR) is 266 cm³/mol. The van der Waals surface area contributed by atoms with Crippen LogP contribution in [0.4, 0.5) is 0 Å². The molecule has 0 amide bonds. The highest BCUT2D eigenvalue weighted by Crippen LogP contribution is 2.35. The zero-order chi connectivity index (χ0) is 49.1. The van der Waals surface area contributed by atoms with E-state index in [-0.39, 0.29) is 59.3 Å². The Balaban J connectivity index is 1.13. The highest BCUT2D eigenvalue weighted by Gasteiger charge is 2.52. The minimum Gasteiger partial charge on any atom is -0.368 e. The molecule has 0 aliphatic carbocycles. The number of hydrogen-bond acceptors (Lipinski definition) is 13. The van der Waals surface area contributed by atoms with E-state index in [0.717, 1.165) is 39.6 Å². The van der Waals surface area contributed by atoms with Gasteiger partial charge in [-0.15, -0.1) is 0 Å². The largest absolute Gasteiger partial charge is 0.368 e. The lowest BCUT2D eigenvalue weighted by atomic mass is 9.95. The van der Waals surface area contributed by atoms with E-state index < -0.39 is 71.5 Å². The summed E-state index contributed by atoms with van der Waals surface area (Å²) in [6.07, 6.45) is -7.12. The molecule has 0 N–H and O–H groups in total. The van der Waals surface area contributed by atoms with Crippen molar-refractivity contribution in [2.75, 3.05) is 26.6 Å². The Labute approximate surface area is 417 Å². The van der Waals surface area contributed by atoms with Gasteiger partial charge in [-0.3, -0.25) is 4.18 Å². The van der Waals surface area contributed by atoms with Crippen LogP contribution in [0, 0.1) is 0 Å². The molecule has 0 bridgehead atoms. The molecule has 10 atom stereocenters. The lowest BCUT2D eigenvalue weighted by Crippen LogP contribution is -2.63. The van der Waals surface area contributed by atoms with E-state index in [0.29, 0.717) is 0 Å². The second-order valence-electron chi connectivity index (χ2n) is 17.5. The number of methoxy groups -OCH3 is 1. The molecule has 2 heterocycles. The molecular weight excluding hydrogens is 925 g/mol. The summed E-state index contributed by atoms with van der Waals surface area (Å²) in [5, 5.41) is 0. The predicted octanol–water partition coefficient (Wildman–Crippen LogP) is 8.98. The maximum absolute atomic E-state index is 12.3. The summed E-state index contributed by atoms with van der Waals surface area (Å²) in [7, 11) is -2.21. The third kappa shape index (κ3) is 15.9. The Morgan fingerprint density at radius 1 is 0.380 bits per heavy atom. The Morgan fingerprint density at radius 3 is 1.01 bits per heavy atom. The number of benzene rings is 6. The maximum Gasteiger partial charge on any atom is 0.264 e. The Morgan fingerprint density at radius 2 is 0.676 bits per heavy atom. The van der Waals surface area contributed by atoms with Crippen LogP contribution in [-0.4, -0.2) is 96.4 Å². The fourth-order valence-corrected chi connectivity index (χ4v) is 9.09. The lowest BCUT2D eigenvalue weighted by molar-refractivity contribution is -0.349. The fourth-order valence-electron chi connectivity index (χ4n) is 8.69. The minimum atomic E-state index is -3.79. The molecular formula is C57H64O13S. The summed E-state index contributed by atoms with van der Waals surface area (Å²) in [5.74, 6) is 0. The summed E-state index contributed by atoms with van der Waals surface area (Å²) in [4.78, 5) is 0. The van der Waals surface area contributed by atoms with Crippen molar-refractivity contribution in [3.63, 3.8) is 0 Å². The Kier molecular flexibility index (Phi) is 19.9. The molecule has 0 radical (unpaired) electrons. The Hall–Kier alpha value is -5.17. The summed E-state index contributed by atoms with van der Waals surface area (Å²) in [6, 6.07) is 59.1. The van der Waals surface area contributed by atoms with Gasteiger partial charge in [0.25, 0.3) is 10.1 Å². The van der Waals surface area contributed by atoms with Gasteiger partial charge in [0.1, 0.15) is 42.7 Å². The van der Waals surface area contributed by atoms with Crippen molar-refractivity contribution in [3.8, 4) is 0 Å². The van der Waals surface area contributed by atoms with Gasteiger partial charge in [-0.05, 0) is 33.4 Å². The highest BCUT2D eigenvalue weighted by molar-refractivity contribution is 7.85. The molecule has 14 heteroatoms. The van der Waals surface area contributed by atoms with E-state index in [9.17, 15) is 8.42 Å². The van der Waals surface area contributed by atoms with Crippen LogP contribution in [0.1, 0.15) is 39.8 Å². The molecule has 13 nitrogen and oxygen atoms in total. The first-order valence-corrected chi connectivity index (χ1v) is 25.8. The quantitative estimate of drug-likeness (QED) is 0.0479. The number of rotatable bonds is 26. The summed E-state index contributed by atoms with van der Waals surface area (Å²) in [6.45, 7) is 1.12. The summed E-state index contributed by atoms with van der Waals surface area (Å²) >= 11 is 0. The van der Waals surface area contributed by atoms with E-state index in [1.54, 1.807) is 7.11 Å². The summed E-state index contributed by atoms with van der Waals surface area (Å²) < 4.78 is 97.7. The average Bonchev–Trinajstić information content (AvgIpc) is 3.40. The van der Waals surface area contributed by atoms with Gasteiger partial charge in [-0.25, -0.2) is 0 Å². The van der Waals surface area contributed by atoms with Crippen LogP contribution in [-0.2, 0) is 101 Å². The van der Waals surface area contributed by atoms with Crippen LogP contribution in [0.15, 0.2) is 182 Å². The van der Waals surface area contributed by atoms with Gasteiger partial charge < -0.3 is 47.4 Å². The van der Waals surface area contributed by atoms with Crippen molar-refractivity contribution in [2.24, 2.45) is 0 Å². The molecule has 2 aliphatic heterocycles. The molecule has 2 saturated heterocycles. The van der Waals surface area contributed by atoms with E-state index >= 15 is 0 Å². The van der Waals surface area contributed by atoms with Crippen LogP contribution < -0.4 is 0 Å². The molecule has 0 unspecified atom stereocenters. The molecule has 2 aliphatic rings. The van der Waals surface area contributed by atoms with Crippen molar-refractivity contribution in [3.05, 3.63) is 215 Å². The second kappa shape index (κ2) is 27.0. The second-order valence-corrected chi connectivity index (χ2v) is 19.2. The van der Waals surface area contributed by atoms with E-state index in [2.05, 4.69) is 0 Å². The first-order valence-electron chi connectivity index (χ1n) is 24.0. The highest BCUT2D eigenvalue weighted by atomic mass is 32.2. The monoisotopic (exact) mass is 988 g/mol. The van der Waals surface area contributed by atoms with Crippen LogP contribution in [0.5, 0.6) is 0 Å². The van der Waals surface area contributed by atoms with Crippen molar-refractivity contribution in [1.82, 2.24) is 0 Å². The van der Waals surface area contributed by atoms with E-state index in [1.807, 2.05) is 182 Å². The lowest BCUT2D eigenvalue weighted by Gasteiger charge is -2.48. The zero-order valence-corrected chi connectivity index (χ0v) is 41.0. The maximum atomic E-state index is 12.3. The van der Waals surface area contributed by atoms with Gasteiger partial charge >= 0.3 is 0 Å². The molecule has 0 aromatic heterocycles. The third-order valence-corrected chi connectivity index (χ3v) is 12.8. The average molecular weight is 989 g/mol. The van der Waals surface area contributed by atoms with Gasteiger partial charge in [0.15, 0.2) is 12.6 Å². The van der Waals surface area contributed by atoms with Crippen molar-refractivity contribution >= 4 is 10.1 Å². The van der Waals surface area contributed by atoms with Gasteiger partial charge in [0, 0.05) is 13.5 Å². The topological polar surface area (TPSA) is 136 Å². The Bertz CT molecular complexity index is 2510. The first-order chi connectivity index (χ1) is 34.8. The van der Waals surface area contributed by atoms with Gasteiger partial charge in [0.05, 0.1) is 65.2 Å². The van der Waals surface area contributed by atoms with Crippen LogP contribution >= 0.6 is 0 Å². The van der Waals surface area contributed by atoms with Crippen molar-refractivity contribution in [1.29, 1.82) is 0 Å². The minimum absolute atomic E-state index is 0.0840. The number of hydrogen-bond donors (Lipinski definition) is 0. The van der Waals surface area contributed by atoms with Gasteiger partial charge in [-0.2, -0.15) is 8.42 Å². The number of ether oxygens (including phenoxy) is 10. The molecule has 6 aromatic carbocycles. The van der Waals surface area contributed by atoms with Crippen LogP contribution in [0.3, 0.4) is 0 Å². The van der Waals surface area contributed by atoms with Crippen LogP contribution in [0.25, 0.3) is 0 Å². The molecule has 8 rings (SSSR count). The van der Waals surface area contributed by atoms with E-state index in [4.69, 9.17) is 51.6 Å². The molecule has 71 heavy (non-hydrogen) atoms. The van der Waals surface area contributed by atoms with Gasteiger partial charge in [-0.1, -0.05) is 182 Å². The molecule has 376 valence electrons. The van der Waals surface area contributed by atoms with Crippen molar-refractivity contribution in [2.45, 2.75) is 107 Å². The van der Waals surface area contributed by atoms with Crippen molar-refractivity contribution < 1.29 is 60.0 Å². The standard InChI is InChI=1S/C57H64O13S/c1-60-56-54(65-39-46-29-17-7-18-30-46)53(64-38-45-27-15-6-16-28-45)51(62-36-43-23-11-4-12-24-43)49(70-56)41-67-57-55(66-40-47-31-19-8-20-32-47)52(63-37-44-25-13-5-14-26-44)50(61-35-42-21-9-3-10-22-42)48(69-57)33-34-68-71(2,58)59/h3-32,48-57H,33-41H2,1-2H3/t48-,49+,50+,51+,52+,53-,54+,55+,56-,57-/m0/s1. The third-order valence-electron chi connectivity index (χ3n) is 12.3. The normalized spacial score (nSPS) is 24.6. The molecule has 0 saturated carbocycles. The summed E-state index contributed by atoms with van der Waals surface area (Å²) in [5.41, 5.74) is 5.68. The van der Waals surface area contributed by atoms with E-state index in [1.165, 1.54) is 0 Å². The molecule has 0 spiro atoms. The zero-order valence-electron chi connectivity index (χ0n) is 40.2. The van der Waals surface area contributed by atoms with Crippen LogP contribution in [0.2, 0.25) is 0 Å². The molecule has 2 fully saturated rings. The SMILES string of the molecule is CO[C@H]1O[C@H](CO[C@H]2O[C@@H](CCOS(C)(=O)=O)[C@@H](OCc3ccccc3)[C@@H](OCc3ccccc3)[C@H]2OCc2ccccc2)[C@@H](OCc2ccccc2)[C@H](OCc2ccccc2)[C@H]1OCc1ccccc1. The smallest absolute Gasteiger partial charge is 0.264 e. The van der Waals surface area contributed by atoms with Gasteiger partial charge in [0.2, 0.25) is 0 Å². The first kappa shape index (κ1) is 52.2. The fraction of sp³-hybridized carbons (Fsp3) is 0.368.